The number of hydrogen-bond acceptors (Lipinski definition) is 4. The second-order valence-corrected chi connectivity index (χ2v) is 5.46. The summed E-state index contributed by atoms with van der Waals surface area (Å²) in [7, 11) is 1.67. The highest BCUT2D eigenvalue weighted by molar-refractivity contribution is 5.79. The number of ether oxygens (including phenoxy) is 2. The van der Waals surface area contributed by atoms with Gasteiger partial charge in [-0.25, -0.2) is 4.99 Å². The van der Waals surface area contributed by atoms with Gasteiger partial charge in [-0.15, -0.1) is 0 Å². The third kappa shape index (κ3) is 7.30. The fraction of sp³-hybridized carbons (Fsp3) is 0.421. The van der Waals surface area contributed by atoms with Crippen LogP contribution in [0.15, 0.2) is 52.1 Å². The lowest BCUT2D eigenvalue weighted by Crippen LogP contribution is -2.38. The van der Waals surface area contributed by atoms with Crippen LogP contribution < -0.4 is 15.4 Å². The smallest absolute Gasteiger partial charge is 0.191 e. The van der Waals surface area contributed by atoms with Crippen LogP contribution >= 0.6 is 0 Å². The summed E-state index contributed by atoms with van der Waals surface area (Å²) in [5.74, 6) is 2.50. The molecule has 0 fully saturated rings. The van der Waals surface area contributed by atoms with E-state index >= 15 is 0 Å². The first kappa shape index (κ1) is 18.9. The Hall–Kier alpha value is -2.47. The standard InChI is InChI=1S/C19H27N3O3/c1-3-20-19(22-14-16-7-4-8-17(13-16)23-2)21-10-6-11-24-15-18-9-5-12-25-18/h4-5,7-9,12-13H,3,6,10-11,14-15H2,1-2H3,(H2,20,21,22). The monoisotopic (exact) mass is 345 g/mol. The van der Waals surface area contributed by atoms with Gasteiger partial charge in [-0.2, -0.15) is 0 Å². The van der Waals surface area contributed by atoms with E-state index in [4.69, 9.17) is 13.9 Å². The third-order valence-electron chi connectivity index (χ3n) is 3.48. The molecule has 136 valence electrons. The summed E-state index contributed by atoms with van der Waals surface area (Å²) in [5.41, 5.74) is 1.11. The lowest BCUT2D eigenvalue weighted by Gasteiger charge is -2.11. The topological polar surface area (TPSA) is 68.0 Å². The van der Waals surface area contributed by atoms with Gasteiger partial charge in [0.25, 0.3) is 0 Å². The van der Waals surface area contributed by atoms with Crippen molar-refractivity contribution in [2.75, 3.05) is 26.8 Å². The van der Waals surface area contributed by atoms with Gasteiger partial charge < -0.3 is 24.5 Å². The average molecular weight is 345 g/mol. The summed E-state index contributed by atoms with van der Waals surface area (Å²) in [6.07, 6.45) is 2.55. The highest BCUT2D eigenvalue weighted by atomic mass is 16.5. The summed E-state index contributed by atoms with van der Waals surface area (Å²) >= 11 is 0. The van der Waals surface area contributed by atoms with Crippen molar-refractivity contribution in [3.63, 3.8) is 0 Å². The molecule has 0 aliphatic carbocycles. The summed E-state index contributed by atoms with van der Waals surface area (Å²) in [6.45, 7) is 5.44. The Morgan fingerprint density at radius 1 is 1.20 bits per heavy atom. The number of aliphatic imine (C=N–C) groups is 1. The van der Waals surface area contributed by atoms with E-state index in [0.717, 1.165) is 42.5 Å². The lowest BCUT2D eigenvalue weighted by molar-refractivity contribution is 0.105. The fourth-order valence-corrected chi connectivity index (χ4v) is 2.23. The van der Waals surface area contributed by atoms with Crippen LogP contribution in [0, 0.1) is 0 Å². The fourth-order valence-electron chi connectivity index (χ4n) is 2.23. The molecule has 2 N–H and O–H groups in total. The Balaban J connectivity index is 1.69. The lowest BCUT2D eigenvalue weighted by atomic mass is 10.2. The Bertz CT molecular complexity index is 627. The van der Waals surface area contributed by atoms with E-state index in [0.29, 0.717) is 19.8 Å². The van der Waals surface area contributed by atoms with E-state index in [1.54, 1.807) is 13.4 Å². The Morgan fingerprint density at radius 3 is 2.88 bits per heavy atom. The molecule has 0 radical (unpaired) electrons. The van der Waals surface area contributed by atoms with Gasteiger partial charge in [0.1, 0.15) is 18.1 Å². The van der Waals surface area contributed by atoms with Crippen molar-refractivity contribution in [2.24, 2.45) is 4.99 Å². The molecule has 25 heavy (non-hydrogen) atoms. The van der Waals surface area contributed by atoms with Crippen molar-refractivity contribution in [3.8, 4) is 5.75 Å². The minimum atomic E-state index is 0.511. The van der Waals surface area contributed by atoms with Crippen LogP contribution in [0.4, 0.5) is 0 Å². The van der Waals surface area contributed by atoms with Crippen molar-refractivity contribution in [1.82, 2.24) is 10.6 Å². The molecule has 6 nitrogen and oxygen atoms in total. The number of nitrogens with one attached hydrogen (secondary N) is 2. The molecule has 0 spiro atoms. The van der Waals surface area contributed by atoms with Gasteiger partial charge in [0, 0.05) is 19.7 Å². The summed E-state index contributed by atoms with van der Waals surface area (Å²) in [5, 5.41) is 6.56. The average Bonchev–Trinajstić information content (AvgIpc) is 3.16. The van der Waals surface area contributed by atoms with Crippen LogP contribution in [0.25, 0.3) is 0 Å². The van der Waals surface area contributed by atoms with Crippen molar-refractivity contribution >= 4 is 5.96 Å². The Morgan fingerprint density at radius 2 is 2.12 bits per heavy atom. The highest BCUT2D eigenvalue weighted by Gasteiger charge is 2.00. The first-order valence-electron chi connectivity index (χ1n) is 8.57. The predicted octanol–water partition coefficient (Wildman–Crippen LogP) is 2.95. The summed E-state index contributed by atoms with van der Waals surface area (Å²) < 4.78 is 16.0. The highest BCUT2D eigenvalue weighted by Crippen LogP contribution is 2.13. The third-order valence-corrected chi connectivity index (χ3v) is 3.48. The van der Waals surface area contributed by atoms with Crippen molar-refractivity contribution in [3.05, 3.63) is 54.0 Å². The molecule has 0 saturated carbocycles. The first-order chi connectivity index (χ1) is 12.3. The van der Waals surface area contributed by atoms with Crippen LogP contribution in [0.5, 0.6) is 5.75 Å². The van der Waals surface area contributed by atoms with Crippen molar-refractivity contribution in [1.29, 1.82) is 0 Å². The number of guanidine groups is 1. The molecule has 0 aliphatic heterocycles. The van der Waals surface area contributed by atoms with Gasteiger partial charge in [0.15, 0.2) is 5.96 Å². The van der Waals surface area contributed by atoms with Gasteiger partial charge in [0.05, 0.1) is 19.9 Å². The maximum Gasteiger partial charge on any atom is 0.191 e. The molecule has 0 unspecified atom stereocenters. The van der Waals surface area contributed by atoms with Crippen LogP contribution in [-0.2, 0) is 17.9 Å². The minimum absolute atomic E-state index is 0.511. The largest absolute Gasteiger partial charge is 0.497 e. The molecule has 0 atom stereocenters. The van der Waals surface area contributed by atoms with Crippen LogP contribution in [0.2, 0.25) is 0 Å². The van der Waals surface area contributed by atoms with Crippen LogP contribution in [0.3, 0.4) is 0 Å². The number of hydrogen-bond donors (Lipinski definition) is 2. The van der Waals surface area contributed by atoms with Gasteiger partial charge in [-0.3, -0.25) is 0 Å². The molecule has 1 aromatic heterocycles. The molecular formula is C19H27N3O3. The zero-order valence-electron chi connectivity index (χ0n) is 15.0. The molecule has 0 saturated heterocycles. The van der Waals surface area contributed by atoms with E-state index in [1.165, 1.54) is 0 Å². The molecule has 2 rings (SSSR count). The Labute approximate surface area is 149 Å². The zero-order chi connectivity index (χ0) is 17.7. The van der Waals surface area contributed by atoms with Gasteiger partial charge in [-0.1, -0.05) is 12.1 Å². The number of rotatable bonds is 10. The molecular weight excluding hydrogens is 318 g/mol. The van der Waals surface area contributed by atoms with Crippen molar-refractivity contribution < 1.29 is 13.9 Å². The number of furan rings is 1. The number of benzene rings is 1. The molecule has 1 heterocycles. The molecule has 0 aliphatic rings. The second kappa shape index (κ2) is 11.1. The van der Waals surface area contributed by atoms with Crippen LogP contribution in [0.1, 0.15) is 24.7 Å². The van der Waals surface area contributed by atoms with E-state index in [-0.39, 0.29) is 0 Å². The maximum atomic E-state index is 5.57. The van der Waals surface area contributed by atoms with Gasteiger partial charge >= 0.3 is 0 Å². The summed E-state index contributed by atoms with van der Waals surface area (Å²) in [6, 6.07) is 11.7. The Kier molecular flexibility index (Phi) is 8.41. The summed E-state index contributed by atoms with van der Waals surface area (Å²) in [4.78, 5) is 4.60. The normalized spacial score (nSPS) is 11.4. The molecule has 2 aromatic rings. The van der Waals surface area contributed by atoms with E-state index in [1.807, 2.05) is 36.4 Å². The van der Waals surface area contributed by atoms with Gasteiger partial charge in [0.2, 0.25) is 0 Å². The number of nitrogens with zero attached hydrogens (tertiary/aromatic N) is 1. The zero-order valence-corrected chi connectivity index (χ0v) is 15.0. The van der Waals surface area contributed by atoms with Crippen molar-refractivity contribution in [2.45, 2.75) is 26.5 Å². The second-order valence-electron chi connectivity index (χ2n) is 5.46. The van der Waals surface area contributed by atoms with E-state index in [9.17, 15) is 0 Å². The van der Waals surface area contributed by atoms with Crippen LogP contribution in [-0.4, -0.2) is 32.8 Å². The minimum Gasteiger partial charge on any atom is -0.497 e. The van der Waals surface area contributed by atoms with Gasteiger partial charge in [-0.05, 0) is 43.2 Å². The molecule has 1 aromatic carbocycles. The quantitative estimate of drug-likeness (QED) is 0.394. The molecule has 0 amide bonds. The number of methoxy groups -OCH3 is 1. The predicted molar refractivity (Wildman–Crippen MR) is 98.8 cm³/mol. The SMILES string of the molecule is CCNC(=NCc1cccc(OC)c1)NCCCOCc1ccco1. The molecule has 0 bridgehead atoms. The molecule has 6 heteroatoms. The van der Waals surface area contributed by atoms with E-state index in [2.05, 4.69) is 22.5 Å². The maximum absolute atomic E-state index is 5.57. The van der Waals surface area contributed by atoms with E-state index < -0.39 is 0 Å². The first-order valence-corrected chi connectivity index (χ1v) is 8.57.